The van der Waals surface area contributed by atoms with Crippen LogP contribution in [0.4, 0.5) is 5.69 Å². The predicted octanol–water partition coefficient (Wildman–Crippen LogP) is 4.08. The van der Waals surface area contributed by atoms with Gasteiger partial charge in [-0.1, -0.05) is 23.9 Å². The molecule has 28 heavy (non-hydrogen) atoms. The van der Waals surface area contributed by atoms with Crippen LogP contribution in [0.15, 0.2) is 58.2 Å². The summed E-state index contributed by atoms with van der Waals surface area (Å²) in [5.41, 5.74) is 1.80. The lowest BCUT2D eigenvalue weighted by Crippen LogP contribution is -2.22. The van der Waals surface area contributed by atoms with E-state index in [9.17, 15) is 4.79 Å². The summed E-state index contributed by atoms with van der Waals surface area (Å²) in [6.45, 7) is 3.94. The topological polar surface area (TPSA) is 86.5 Å². The fourth-order valence-electron chi connectivity index (χ4n) is 2.32. The maximum absolute atomic E-state index is 12.3. The molecule has 3 rings (SSSR count). The van der Waals surface area contributed by atoms with E-state index in [0.29, 0.717) is 16.8 Å². The normalized spacial score (nSPS) is 11.7. The lowest BCUT2D eigenvalue weighted by atomic mass is 10.2. The minimum Gasteiger partial charge on any atom is -0.497 e. The number of anilines is 1. The minimum atomic E-state index is -0.409. The van der Waals surface area contributed by atoms with Gasteiger partial charge in [0.2, 0.25) is 5.91 Å². The Morgan fingerprint density at radius 2 is 1.96 bits per heavy atom. The van der Waals surface area contributed by atoms with Crippen LogP contribution in [0.2, 0.25) is 0 Å². The first-order valence-electron chi connectivity index (χ1n) is 8.67. The first-order valence-corrected chi connectivity index (χ1v) is 9.55. The van der Waals surface area contributed by atoms with Crippen LogP contribution in [0.5, 0.6) is 11.5 Å². The van der Waals surface area contributed by atoms with Gasteiger partial charge >= 0.3 is 0 Å². The van der Waals surface area contributed by atoms with Crippen molar-refractivity contribution in [1.82, 2.24) is 10.2 Å². The van der Waals surface area contributed by atoms with Gasteiger partial charge in [-0.3, -0.25) is 4.79 Å². The van der Waals surface area contributed by atoms with Crippen molar-refractivity contribution in [1.29, 1.82) is 0 Å². The molecule has 1 aromatic heterocycles. The number of nitrogens with zero attached hydrogens (tertiary/aromatic N) is 2. The van der Waals surface area contributed by atoms with Gasteiger partial charge in [0.05, 0.1) is 12.4 Å². The summed E-state index contributed by atoms with van der Waals surface area (Å²) in [5.74, 6) is 1.66. The molecule has 3 aromatic rings. The Morgan fingerprint density at radius 3 is 2.68 bits per heavy atom. The number of hydrogen-bond donors (Lipinski definition) is 1. The molecule has 0 saturated carbocycles. The molecule has 0 spiro atoms. The van der Waals surface area contributed by atoms with Crippen LogP contribution in [0.1, 0.15) is 18.4 Å². The number of methoxy groups -OCH3 is 1. The minimum absolute atomic E-state index is 0.161. The predicted molar refractivity (Wildman–Crippen MR) is 107 cm³/mol. The second kappa shape index (κ2) is 9.27. The smallest absolute Gasteiger partial charge is 0.277 e. The highest BCUT2D eigenvalue weighted by molar-refractivity contribution is 8.00. The fraction of sp³-hybridized carbons (Fsp3) is 0.250. The number of ether oxygens (including phenoxy) is 2. The van der Waals surface area contributed by atoms with Crippen molar-refractivity contribution in [3.63, 3.8) is 0 Å². The number of carbonyl (C=O) groups excluding carboxylic acids is 1. The number of rotatable bonds is 8. The van der Waals surface area contributed by atoms with Gasteiger partial charge in [0.15, 0.2) is 6.61 Å². The number of thioether (sulfide) groups is 1. The number of benzene rings is 2. The maximum atomic E-state index is 12.3. The maximum Gasteiger partial charge on any atom is 0.277 e. The van der Waals surface area contributed by atoms with Crippen LogP contribution in [-0.4, -0.2) is 28.5 Å². The quantitative estimate of drug-likeness (QED) is 0.571. The van der Waals surface area contributed by atoms with Gasteiger partial charge in [0.1, 0.15) is 11.5 Å². The largest absolute Gasteiger partial charge is 0.497 e. The molecule has 146 valence electrons. The second-order valence-corrected chi connectivity index (χ2v) is 7.34. The molecule has 1 heterocycles. The van der Waals surface area contributed by atoms with Gasteiger partial charge in [-0.2, -0.15) is 0 Å². The summed E-state index contributed by atoms with van der Waals surface area (Å²) in [6.07, 6.45) is 0. The molecule has 7 nitrogen and oxygen atoms in total. The lowest BCUT2D eigenvalue weighted by molar-refractivity contribution is -0.115. The van der Waals surface area contributed by atoms with Crippen LogP contribution >= 0.6 is 11.8 Å². The van der Waals surface area contributed by atoms with E-state index in [1.165, 1.54) is 11.8 Å². The van der Waals surface area contributed by atoms with Gasteiger partial charge in [-0.25, -0.2) is 0 Å². The summed E-state index contributed by atoms with van der Waals surface area (Å²) in [6, 6.07) is 14.8. The van der Waals surface area contributed by atoms with Gasteiger partial charge in [0.25, 0.3) is 11.1 Å². The zero-order valence-electron chi connectivity index (χ0n) is 15.8. The van der Waals surface area contributed by atoms with Gasteiger partial charge < -0.3 is 19.2 Å². The van der Waals surface area contributed by atoms with E-state index in [0.717, 1.165) is 17.1 Å². The Labute approximate surface area is 167 Å². The van der Waals surface area contributed by atoms with E-state index < -0.39 is 5.25 Å². The van der Waals surface area contributed by atoms with Crippen molar-refractivity contribution in [2.45, 2.75) is 30.9 Å². The SMILES string of the molecule is COc1ccc(NC(=O)[C@H](C)Sc2nnc(COc3cccc(C)c3)o2)cc1. The van der Waals surface area contributed by atoms with E-state index >= 15 is 0 Å². The first kappa shape index (κ1) is 19.8. The molecular formula is C20H21N3O4S. The number of hydrogen-bond acceptors (Lipinski definition) is 7. The molecule has 1 atom stereocenters. The summed E-state index contributed by atoms with van der Waals surface area (Å²) in [5, 5.41) is 10.7. The Kier molecular flexibility index (Phi) is 6.54. The molecule has 0 aliphatic heterocycles. The average molecular weight is 399 g/mol. The second-order valence-electron chi connectivity index (χ2n) is 6.04. The number of aromatic nitrogens is 2. The summed E-state index contributed by atoms with van der Waals surface area (Å²) in [7, 11) is 1.59. The van der Waals surface area contributed by atoms with E-state index in [2.05, 4.69) is 15.5 Å². The Bertz CT molecular complexity index is 927. The monoisotopic (exact) mass is 399 g/mol. The summed E-state index contributed by atoms with van der Waals surface area (Å²) < 4.78 is 16.3. The van der Waals surface area contributed by atoms with Crippen LogP contribution < -0.4 is 14.8 Å². The van der Waals surface area contributed by atoms with E-state index in [-0.39, 0.29) is 12.5 Å². The van der Waals surface area contributed by atoms with Crippen LogP contribution in [0, 0.1) is 6.92 Å². The third kappa shape index (κ3) is 5.50. The molecule has 0 bridgehead atoms. The molecular weight excluding hydrogens is 378 g/mol. The average Bonchev–Trinajstić information content (AvgIpc) is 3.14. The molecule has 1 amide bonds. The molecule has 2 aromatic carbocycles. The van der Waals surface area contributed by atoms with E-state index in [4.69, 9.17) is 13.9 Å². The molecule has 0 radical (unpaired) electrons. The van der Waals surface area contributed by atoms with Crippen molar-refractivity contribution in [2.75, 3.05) is 12.4 Å². The Balaban J connectivity index is 1.51. The first-order chi connectivity index (χ1) is 13.5. The highest BCUT2D eigenvalue weighted by Crippen LogP contribution is 2.24. The van der Waals surface area contributed by atoms with Crippen molar-refractivity contribution in [2.24, 2.45) is 0 Å². The van der Waals surface area contributed by atoms with Crippen LogP contribution in [-0.2, 0) is 11.4 Å². The number of amides is 1. The standard InChI is InChI=1S/C20H21N3O4S/c1-13-5-4-6-17(11-13)26-12-18-22-23-20(27-18)28-14(2)19(24)21-15-7-9-16(25-3)10-8-15/h4-11,14H,12H2,1-3H3,(H,21,24)/t14-/m0/s1. The molecule has 1 N–H and O–H groups in total. The third-order valence-corrected chi connectivity index (χ3v) is 4.74. The Hall–Kier alpha value is -3.00. The van der Waals surface area contributed by atoms with Crippen molar-refractivity contribution in [3.05, 3.63) is 60.0 Å². The lowest BCUT2D eigenvalue weighted by Gasteiger charge is -2.10. The highest BCUT2D eigenvalue weighted by atomic mass is 32.2. The van der Waals surface area contributed by atoms with Gasteiger partial charge in [-0.05, 0) is 55.8 Å². The zero-order valence-corrected chi connectivity index (χ0v) is 16.7. The van der Waals surface area contributed by atoms with Gasteiger partial charge in [0, 0.05) is 5.69 Å². The van der Waals surface area contributed by atoms with E-state index in [1.54, 1.807) is 38.3 Å². The number of carbonyl (C=O) groups is 1. The van der Waals surface area contributed by atoms with Crippen molar-refractivity contribution < 1.29 is 18.7 Å². The molecule has 0 saturated heterocycles. The Morgan fingerprint density at radius 1 is 1.18 bits per heavy atom. The number of aryl methyl sites for hydroxylation is 1. The zero-order chi connectivity index (χ0) is 19.9. The highest BCUT2D eigenvalue weighted by Gasteiger charge is 2.18. The summed E-state index contributed by atoms with van der Waals surface area (Å²) in [4.78, 5) is 12.3. The molecule has 0 aliphatic carbocycles. The molecule has 0 fully saturated rings. The van der Waals surface area contributed by atoms with Gasteiger partial charge in [-0.15, -0.1) is 10.2 Å². The molecule has 8 heteroatoms. The third-order valence-electron chi connectivity index (χ3n) is 3.80. The van der Waals surface area contributed by atoms with E-state index in [1.807, 2.05) is 31.2 Å². The van der Waals surface area contributed by atoms with Crippen LogP contribution in [0.25, 0.3) is 0 Å². The molecule has 0 unspecified atom stereocenters. The van der Waals surface area contributed by atoms with Crippen LogP contribution in [0.3, 0.4) is 0 Å². The van der Waals surface area contributed by atoms with Crippen molar-refractivity contribution in [3.8, 4) is 11.5 Å². The fourth-order valence-corrected chi connectivity index (χ4v) is 3.02. The van der Waals surface area contributed by atoms with Crippen molar-refractivity contribution >= 4 is 23.4 Å². The molecule has 0 aliphatic rings. The number of nitrogens with one attached hydrogen (secondary N) is 1. The summed E-state index contributed by atoms with van der Waals surface area (Å²) >= 11 is 1.19.